The van der Waals surface area contributed by atoms with E-state index >= 15 is 0 Å². The number of nitrogens with one attached hydrogen (secondary N) is 1. The van der Waals surface area contributed by atoms with Crippen LogP contribution in [0.15, 0.2) is 42.5 Å². The highest BCUT2D eigenvalue weighted by molar-refractivity contribution is 7.20. The van der Waals surface area contributed by atoms with E-state index in [-0.39, 0.29) is 5.56 Å². The first-order valence-electron chi connectivity index (χ1n) is 7.04. The molecule has 0 radical (unpaired) electrons. The molecule has 1 amide bonds. The lowest BCUT2D eigenvalue weighted by Gasteiger charge is -2.05. The van der Waals surface area contributed by atoms with Gasteiger partial charge in [0.15, 0.2) is 0 Å². The molecule has 0 saturated carbocycles. The number of halogens is 2. The first-order valence-corrected chi connectivity index (χ1v) is 8.23. The molecule has 1 aromatic carbocycles. The van der Waals surface area contributed by atoms with Crippen LogP contribution in [0.5, 0.6) is 0 Å². The number of aryl methyl sites for hydroxylation is 1. The number of hydrogen-bond donors (Lipinski definition) is 2. The van der Waals surface area contributed by atoms with Crippen LogP contribution in [-0.4, -0.2) is 10.9 Å². The average Bonchev–Trinajstić information content (AvgIpc) is 2.93. The fourth-order valence-corrected chi connectivity index (χ4v) is 3.48. The fourth-order valence-electron chi connectivity index (χ4n) is 2.21. The average molecular weight is 362 g/mol. The molecule has 0 aliphatic rings. The number of nitrogens with two attached hydrogens (primary N) is 1. The molecule has 0 aliphatic heterocycles. The number of primary amides is 1. The van der Waals surface area contributed by atoms with E-state index in [0.717, 1.165) is 5.69 Å². The first-order chi connectivity index (χ1) is 11.4. The lowest BCUT2D eigenvalue weighted by Crippen LogP contribution is -2.11. The molecule has 0 spiro atoms. The van der Waals surface area contributed by atoms with Crippen molar-refractivity contribution in [1.82, 2.24) is 4.98 Å². The van der Waals surface area contributed by atoms with E-state index in [1.807, 2.05) is 19.1 Å². The van der Waals surface area contributed by atoms with Crippen molar-refractivity contribution < 1.29 is 9.18 Å². The second kappa shape index (κ2) is 6.59. The Kier molecular flexibility index (Phi) is 4.51. The third-order valence-electron chi connectivity index (χ3n) is 3.32. The maximum atomic E-state index is 14.1. The number of thiophene rings is 1. The Morgan fingerprint density at radius 3 is 2.79 bits per heavy atom. The molecule has 4 nitrogen and oxygen atoms in total. The Hall–Kier alpha value is -2.44. The van der Waals surface area contributed by atoms with Gasteiger partial charge in [0.1, 0.15) is 16.6 Å². The maximum absolute atomic E-state index is 14.1. The van der Waals surface area contributed by atoms with Crippen molar-refractivity contribution >= 4 is 39.7 Å². The van der Waals surface area contributed by atoms with E-state index in [2.05, 4.69) is 10.3 Å². The number of nitrogens with zero attached hydrogens (tertiary/aromatic N) is 1. The van der Waals surface area contributed by atoms with E-state index in [4.69, 9.17) is 17.3 Å². The van der Waals surface area contributed by atoms with Crippen LogP contribution in [0.25, 0.3) is 10.4 Å². The highest BCUT2D eigenvalue weighted by atomic mass is 35.5. The number of carbonyl (C=O) groups is 1. The summed E-state index contributed by atoms with van der Waals surface area (Å²) >= 11 is 7.16. The summed E-state index contributed by atoms with van der Waals surface area (Å²) in [4.78, 5) is 16.6. The third-order valence-corrected chi connectivity index (χ3v) is 4.64. The molecule has 2 aromatic heterocycles. The summed E-state index contributed by atoms with van der Waals surface area (Å²) < 4.78 is 14.1. The largest absolute Gasteiger partial charge is 0.366 e. The molecule has 3 aromatic rings. The van der Waals surface area contributed by atoms with Crippen LogP contribution >= 0.6 is 22.9 Å². The lowest BCUT2D eigenvalue weighted by molar-refractivity contribution is 0.100. The minimum Gasteiger partial charge on any atom is -0.366 e. The van der Waals surface area contributed by atoms with Crippen molar-refractivity contribution in [3.63, 3.8) is 0 Å². The number of benzene rings is 1. The van der Waals surface area contributed by atoms with Crippen LogP contribution in [0.3, 0.4) is 0 Å². The first kappa shape index (κ1) is 16.4. The number of anilines is 2. The normalized spacial score (nSPS) is 10.6. The van der Waals surface area contributed by atoms with Gasteiger partial charge in [0.25, 0.3) is 5.91 Å². The molecule has 24 heavy (non-hydrogen) atoms. The summed E-state index contributed by atoms with van der Waals surface area (Å²) in [6, 6.07) is 11.3. The number of amides is 1. The van der Waals surface area contributed by atoms with E-state index in [1.165, 1.54) is 29.5 Å². The number of hydrogen-bond acceptors (Lipinski definition) is 4. The van der Waals surface area contributed by atoms with Crippen molar-refractivity contribution in [2.45, 2.75) is 6.92 Å². The number of rotatable bonds is 4. The van der Waals surface area contributed by atoms with Crippen LogP contribution in [0, 0.1) is 12.7 Å². The summed E-state index contributed by atoms with van der Waals surface area (Å²) in [5, 5.41) is 3.99. The van der Waals surface area contributed by atoms with Gasteiger partial charge >= 0.3 is 0 Å². The Balaban J connectivity index is 2.05. The molecule has 7 heteroatoms. The molecule has 0 saturated heterocycles. The van der Waals surface area contributed by atoms with Gasteiger partial charge < -0.3 is 11.1 Å². The standard InChI is InChI=1S/C17H13ClFN3OS/c1-9-3-2-4-15(21-9)22-17-12(16(20)23)8-14(24-17)11-7-10(18)5-6-13(11)19/h2-8H,1H3,(H2,20,23)(H,21,22). The van der Waals surface area contributed by atoms with Crippen LogP contribution in [0.2, 0.25) is 5.02 Å². The fraction of sp³-hybridized carbons (Fsp3) is 0.0588. The predicted molar refractivity (Wildman–Crippen MR) is 95.5 cm³/mol. The van der Waals surface area contributed by atoms with E-state index < -0.39 is 11.7 Å². The molecule has 3 rings (SSSR count). The molecule has 0 atom stereocenters. The zero-order valence-electron chi connectivity index (χ0n) is 12.6. The van der Waals surface area contributed by atoms with Gasteiger partial charge in [0.2, 0.25) is 0 Å². The van der Waals surface area contributed by atoms with Crippen LogP contribution in [-0.2, 0) is 0 Å². The summed E-state index contributed by atoms with van der Waals surface area (Å²) in [7, 11) is 0. The second-order valence-electron chi connectivity index (χ2n) is 5.13. The molecule has 3 N–H and O–H groups in total. The SMILES string of the molecule is Cc1cccc(Nc2sc(-c3cc(Cl)ccc3F)cc2C(N)=O)n1. The molecule has 122 valence electrons. The molecule has 0 fully saturated rings. The Morgan fingerprint density at radius 2 is 2.08 bits per heavy atom. The maximum Gasteiger partial charge on any atom is 0.251 e. The van der Waals surface area contributed by atoms with Gasteiger partial charge in [-0.3, -0.25) is 4.79 Å². The number of pyridine rings is 1. The van der Waals surface area contributed by atoms with Gasteiger partial charge in [-0.15, -0.1) is 11.3 Å². The summed E-state index contributed by atoms with van der Waals surface area (Å²) in [5.74, 6) is -0.440. The number of aromatic nitrogens is 1. The van der Waals surface area contributed by atoms with Crippen molar-refractivity contribution in [3.8, 4) is 10.4 Å². The zero-order valence-corrected chi connectivity index (χ0v) is 14.2. The van der Waals surface area contributed by atoms with Gasteiger partial charge in [-0.1, -0.05) is 17.7 Å². The predicted octanol–water partition coefficient (Wildman–Crippen LogP) is 4.75. The Bertz CT molecular complexity index is 926. The summed E-state index contributed by atoms with van der Waals surface area (Å²) in [5.41, 5.74) is 6.87. The minimum atomic E-state index is -0.602. The monoisotopic (exact) mass is 361 g/mol. The van der Waals surface area contributed by atoms with Crippen molar-refractivity contribution in [1.29, 1.82) is 0 Å². The molecular weight excluding hydrogens is 349 g/mol. The smallest absolute Gasteiger partial charge is 0.251 e. The molecule has 0 unspecified atom stereocenters. The summed E-state index contributed by atoms with van der Waals surface area (Å²) in [6.07, 6.45) is 0. The van der Waals surface area contributed by atoms with Gasteiger partial charge in [-0.25, -0.2) is 9.37 Å². The van der Waals surface area contributed by atoms with E-state index in [1.54, 1.807) is 12.1 Å². The van der Waals surface area contributed by atoms with Gasteiger partial charge in [0.05, 0.1) is 5.56 Å². The Morgan fingerprint density at radius 1 is 1.29 bits per heavy atom. The molecule has 2 heterocycles. The van der Waals surface area contributed by atoms with E-state index in [9.17, 15) is 9.18 Å². The van der Waals surface area contributed by atoms with Crippen LogP contribution < -0.4 is 11.1 Å². The molecule has 0 aliphatic carbocycles. The zero-order chi connectivity index (χ0) is 17.3. The third kappa shape index (κ3) is 3.39. The van der Waals surface area contributed by atoms with Crippen LogP contribution in [0.1, 0.15) is 16.1 Å². The van der Waals surface area contributed by atoms with Crippen molar-refractivity contribution in [2.75, 3.05) is 5.32 Å². The van der Waals surface area contributed by atoms with Crippen molar-refractivity contribution in [3.05, 3.63) is 64.6 Å². The van der Waals surface area contributed by atoms with Gasteiger partial charge in [-0.05, 0) is 43.3 Å². The second-order valence-corrected chi connectivity index (χ2v) is 6.62. The lowest BCUT2D eigenvalue weighted by atomic mass is 10.1. The minimum absolute atomic E-state index is 0.276. The summed E-state index contributed by atoms with van der Waals surface area (Å²) in [6.45, 7) is 1.86. The molecule has 0 bridgehead atoms. The highest BCUT2D eigenvalue weighted by Crippen LogP contribution is 2.38. The van der Waals surface area contributed by atoms with E-state index in [0.29, 0.717) is 26.3 Å². The number of carbonyl (C=O) groups excluding carboxylic acids is 1. The van der Waals surface area contributed by atoms with Gasteiger partial charge in [0, 0.05) is 21.2 Å². The Labute approximate surface area is 147 Å². The quantitative estimate of drug-likeness (QED) is 0.704. The van der Waals surface area contributed by atoms with Crippen molar-refractivity contribution in [2.24, 2.45) is 5.73 Å². The highest BCUT2D eigenvalue weighted by Gasteiger charge is 2.17. The topological polar surface area (TPSA) is 68.0 Å². The van der Waals surface area contributed by atoms with Crippen LogP contribution in [0.4, 0.5) is 15.2 Å². The molecular formula is C17H13ClFN3OS. The van der Waals surface area contributed by atoms with Gasteiger partial charge in [-0.2, -0.15) is 0 Å².